The fourth-order valence-corrected chi connectivity index (χ4v) is 1.33. The SMILES string of the molecule is NC(=O)CC=Cc1ccccc1Br. The van der Waals surface area contributed by atoms with Gasteiger partial charge in [-0.15, -0.1) is 0 Å². The molecule has 0 atom stereocenters. The zero-order valence-electron chi connectivity index (χ0n) is 7.03. The Morgan fingerprint density at radius 2 is 2.15 bits per heavy atom. The van der Waals surface area contributed by atoms with Crippen molar-refractivity contribution in [1.29, 1.82) is 0 Å². The molecule has 1 rings (SSSR count). The van der Waals surface area contributed by atoms with Gasteiger partial charge in [-0.25, -0.2) is 0 Å². The predicted molar refractivity (Wildman–Crippen MR) is 57.0 cm³/mol. The summed E-state index contributed by atoms with van der Waals surface area (Å²) in [6.07, 6.45) is 3.90. The van der Waals surface area contributed by atoms with Gasteiger partial charge in [0.15, 0.2) is 0 Å². The highest BCUT2D eigenvalue weighted by atomic mass is 79.9. The van der Waals surface area contributed by atoms with Gasteiger partial charge in [0.1, 0.15) is 0 Å². The average Bonchev–Trinajstić information content (AvgIpc) is 2.08. The number of benzene rings is 1. The first kappa shape index (κ1) is 9.99. The Hall–Kier alpha value is -1.09. The van der Waals surface area contributed by atoms with E-state index in [4.69, 9.17) is 5.73 Å². The standard InChI is InChI=1S/C10H10BrNO/c11-9-6-2-1-4-8(9)5-3-7-10(12)13/h1-6H,7H2,(H2,12,13). The van der Waals surface area contributed by atoms with Crippen LogP contribution in [0.2, 0.25) is 0 Å². The van der Waals surface area contributed by atoms with E-state index in [1.807, 2.05) is 30.3 Å². The van der Waals surface area contributed by atoms with Crippen LogP contribution >= 0.6 is 15.9 Å². The van der Waals surface area contributed by atoms with Gasteiger partial charge < -0.3 is 5.73 Å². The van der Waals surface area contributed by atoms with Crippen molar-refractivity contribution in [3.63, 3.8) is 0 Å². The largest absolute Gasteiger partial charge is 0.369 e. The second kappa shape index (κ2) is 4.82. The van der Waals surface area contributed by atoms with Gasteiger partial charge in [-0.05, 0) is 11.6 Å². The molecule has 0 radical (unpaired) electrons. The first-order valence-electron chi connectivity index (χ1n) is 3.89. The third-order valence-electron chi connectivity index (χ3n) is 1.52. The van der Waals surface area contributed by atoms with E-state index in [9.17, 15) is 4.79 Å². The maximum absolute atomic E-state index is 10.4. The molecular weight excluding hydrogens is 230 g/mol. The van der Waals surface area contributed by atoms with E-state index < -0.39 is 0 Å². The smallest absolute Gasteiger partial charge is 0.221 e. The lowest BCUT2D eigenvalue weighted by atomic mass is 10.2. The summed E-state index contributed by atoms with van der Waals surface area (Å²) in [7, 11) is 0. The van der Waals surface area contributed by atoms with Crippen molar-refractivity contribution in [2.24, 2.45) is 5.73 Å². The fraction of sp³-hybridized carbons (Fsp3) is 0.100. The summed E-state index contributed by atoms with van der Waals surface area (Å²) in [5.41, 5.74) is 6.04. The molecule has 3 heteroatoms. The minimum atomic E-state index is -0.316. The number of hydrogen-bond acceptors (Lipinski definition) is 1. The Labute approximate surface area is 85.6 Å². The topological polar surface area (TPSA) is 43.1 Å². The minimum absolute atomic E-state index is 0.279. The maximum Gasteiger partial charge on any atom is 0.221 e. The van der Waals surface area contributed by atoms with Crippen LogP contribution in [-0.4, -0.2) is 5.91 Å². The highest BCUT2D eigenvalue weighted by molar-refractivity contribution is 9.10. The highest BCUT2D eigenvalue weighted by Crippen LogP contribution is 2.17. The molecule has 1 amide bonds. The fourth-order valence-electron chi connectivity index (χ4n) is 0.912. The summed E-state index contributed by atoms with van der Waals surface area (Å²) >= 11 is 3.40. The average molecular weight is 240 g/mol. The van der Waals surface area contributed by atoms with Crippen LogP contribution in [-0.2, 0) is 4.79 Å². The molecule has 0 bridgehead atoms. The first-order valence-corrected chi connectivity index (χ1v) is 4.69. The van der Waals surface area contributed by atoms with Crippen LogP contribution < -0.4 is 5.73 Å². The van der Waals surface area contributed by atoms with Crippen molar-refractivity contribution < 1.29 is 4.79 Å². The zero-order valence-corrected chi connectivity index (χ0v) is 8.62. The normalized spacial score (nSPS) is 10.5. The zero-order chi connectivity index (χ0) is 9.68. The molecule has 0 aromatic heterocycles. The van der Waals surface area contributed by atoms with Crippen LogP contribution in [0.1, 0.15) is 12.0 Å². The van der Waals surface area contributed by atoms with E-state index in [0.29, 0.717) is 0 Å². The van der Waals surface area contributed by atoms with Crippen molar-refractivity contribution in [2.75, 3.05) is 0 Å². The molecule has 0 fully saturated rings. The Balaban J connectivity index is 2.68. The Morgan fingerprint density at radius 3 is 2.77 bits per heavy atom. The van der Waals surface area contributed by atoms with Crippen LogP contribution in [0.3, 0.4) is 0 Å². The van der Waals surface area contributed by atoms with Gasteiger partial charge in [0.25, 0.3) is 0 Å². The number of amides is 1. The molecule has 0 spiro atoms. The second-order valence-electron chi connectivity index (χ2n) is 2.59. The number of carbonyl (C=O) groups is 1. The molecule has 0 aliphatic carbocycles. The van der Waals surface area contributed by atoms with Gasteiger partial charge in [0.2, 0.25) is 5.91 Å². The van der Waals surface area contributed by atoms with E-state index >= 15 is 0 Å². The molecule has 1 aromatic rings. The summed E-state index contributed by atoms with van der Waals surface area (Å²) in [6, 6.07) is 7.79. The Bertz CT molecular complexity index is 333. The van der Waals surface area contributed by atoms with Crippen molar-refractivity contribution in [2.45, 2.75) is 6.42 Å². The lowest BCUT2D eigenvalue weighted by Crippen LogP contribution is -2.07. The van der Waals surface area contributed by atoms with E-state index in [2.05, 4.69) is 15.9 Å². The van der Waals surface area contributed by atoms with E-state index in [1.165, 1.54) is 0 Å². The monoisotopic (exact) mass is 239 g/mol. The van der Waals surface area contributed by atoms with Crippen LogP contribution in [0.4, 0.5) is 0 Å². The number of primary amides is 1. The van der Waals surface area contributed by atoms with Gasteiger partial charge in [-0.1, -0.05) is 46.3 Å². The molecule has 2 N–H and O–H groups in total. The van der Waals surface area contributed by atoms with E-state index in [-0.39, 0.29) is 12.3 Å². The molecule has 13 heavy (non-hydrogen) atoms. The molecule has 1 aromatic carbocycles. The summed E-state index contributed by atoms with van der Waals surface area (Å²) in [6.45, 7) is 0. The van der Waals surface area contributed by atoms with Gasteiger partial charge in [0, 0.05) is 10.9 Å². The third-order valence-corrected chi connectivity index (χ3v) is 2.24. The van der Waals surface area contributed by atoms with Crippen molar-refractivity contribution in [3.8, 4) is 0 Å². The molecule has 0 aliphatic heterocycles. The number of nitrogens with two attached hydrogens (primary N) is 1. The van der Waals surface area contributed by atoms with Crippen LogP contribution in [0, 0.1) is 0 Å². The van der Waals surface area contributed by atoms with Crippen LogP contribution in [0.5, 0.6) is 0 Å². The summed E-state index contributed by atoms with van der Waals surface area (Å²) in [4.78, 5) is 10.4. The van der Waals surface area contributed by atoms with Gasteiger partial charge in [-0.3, -0.25) is 4.79 Å². The molecule has 2 nitrogen and oxygen atoms in total. The quantitative estimate of drug-likeness (QED) is 0.865. The van der Waals surface area contributed by atoms with Crippen molar-refractivity contribution in [1.82, 2.24) is 0 Å². The van der Waals surface area contributed by atoms with Gasteiger partial charge >= 0.3 is 0 Å². The van der Waals surface area contributed by atoms with Crippen molar-refractivity contribution in [3.05, 3.63) is 40.4 Å². The summed E-state index contributed by atoms with van der Waals surface area (Å²) < 4.78 is 1.01. The first-order chi connectivity index (χ1) is 6.20. The highest BCUT2D eigenvalue weighted by Gasteiger charge is 1.92. The molecule has 0 saturated heterocycles. The van der Waals surface area contributed by atoms with Crippen LogP contribution in [0.25, 0.3) is 6.08 Å². The molecule has 68 valence electrons. The number of hydrogen-bond donors (Lipinski definition) is 1. The van der Waals surface area contributed by atoms with Crippen LogP contribution in [0.15, 0.2) is 34.8 Å². The number of rotatable bonds is 3. The maximum atomic E-state index is 10.4. The van der Waals surface area contributed by atoms with E-state index in [1.54, 1.807) is 6.08 Å². The minimum Gasteiger partial charge on any atom is -0.369 e. The van der Waals surface area contributed by atoms with Gasteiger partial charge in [-0.2, -0.15) is 0 Å². The lowest BCUT2D eigenvalue weighted by Gasteiger charge is -1.95. The summed E-state index contributed by atoms with van der Waals surface area (Å²) in [5.74, 6) is -0.316. The molecule has 0 aliphatic rings. The number of carbonyl (C=O) groups excluding carboxylic acids is 1. The molecule has 0 unspecified atom stereocenters. The molecular formula is C10H10BrNO. The molecule has 0 heterocycles. The van der Waals surface area contributed by atoms with E-state index in [0.717, 1.165) is 10.0 Å². The molecule has 0 saturated carbocycles. The van der Waals surface area contributed by atoms with Gasteiger partial charge in [0.05, 0.1) is 0 Å². The number of halogens is 1. The third kappa shape index (κ3) is 3.42. The Kier molecular flexibility index (Phi) is 3.71. The van der Waals surface area contributed by atoms with Crippen molar-refractivity contribution >= 4 is 27.9 Å². The Morgan fingerprint density at radius 1 is 1.46 bits per heavy atom. The second-order valence-corrected chi connectivity index (χ2v) is 3.45. The summed E-state index contributed by atoms with van der Waals surface area (Å²) in [5, 5.41) is 0. The lowest BCUT2D eigenvalue weighted by molar-refractivity contribution is -0.117. The predicted octanol–water partition coefficient (Wildman–Crippen LogP) is 2.34.